The molecule has 0 atom stereocenters. The fraction of sp³-hybridized carbons (Fsp3) is 0.222. The molecule has 0 saturated heterocycles. The van der Waals surface area contributed by atoms with Crippen molar-refractivity contribution < 1.29 is 24.5 Å². The molecule has 0 aromatic heterocycles. The minimum absolute atomic E-state index is 0.176. The summed E-state index contributed by atoms with van der Waals surface area (Å²) in [6, 6.07) is 0. The second-order valence-electron chi connectivity index (χ2n) is 4.80. The zero-order chi connectivity index (χ0) is 17.8. The zero-order valence-electron chi connectivity index (χ0n) is 13.4. The first-order valence-electron chi connectivity index (χ1n) is 6.91. The Hall–Kier alpha value is -2.82. The molecular formula is C18H22O5. The van der Waals surface area contributed by atoms with Gasteiger partial charge in [0.1, 0.15) is 11.5 Å². The van der Waals surface area contributed by atoms with Crippen molar-refractivity contribution in [3.63, 3.8) is 0 Å². The molecule has 0 radical (unpaired) electrons. The van der Waals surface area contributed by atoms with Crippen LogP contribution in [0.5, 0.6) is 0 Å². The number of aliphatic carboxylic acids is 2. The lowest BCUT2D eigenvalue weighted by molar-refractivity contribution is -0.133. The van der Waals surface area contributed by atoms with Crippen LogP contribution >= 0.6 is 0 Å². The lowest BCUT2D eigenvalue weighted by atomic mass is 10.4. The van der Waals surface area contributed by atoms with Gasteiger partial charge in [-0.05, 0) is 26.0 Å². The highest BCUT2D eigenvalue weighted by Crippen LogP contribution is 2.20. The maximum Gasteiger partial charge on any atom is 0.330 e. The smallest absolute Gasteiger partial charge is 0.330 e. The molecule has 0 spiro atoms. The van der Waals surface area contributed by atoms with Gasteiger partial charge in [-0.1, -0.05) is 37.5 Å². The number of allylic oxidation sites excluding steroid dienone is 6. The van der Waals surface area contributed by atoms with Gasteiger partial charge in [0, 0.05) is 24.0 Å². The zero-order valence-corrected chi connectivity index (χ0v) is 13.4. The Labute approximate surface area is 136 Å². The van der Waals surface area contributed by atoms with Crippen molar-refractivity contribution in [2.24, 2.45) is 0 Å². The Morgan fingerprint density at radius 3 is 1.39 bits per heavy atom. The first-order valence-corrected chi connectivity index (χ1v) is 6.91. The van der Waals surface area contributed by atoms with Crippen molar-refractivity contribution in [2.45, 2.75) is 26.7 Å². The topological polar surface area (TPSA) is 83.8 Å². The number of carboxylic acid groups (broad SMARTS) is 2. The number of ether oxygens (including phenoxy) is 1. The molecule has 0 fully saturated rings. The second kappa shape index (κ2) is 10.8. The average molecular weight is 318 g/mol. The summed E-state index contributed by atoms with van der Waals surface area (Å²) in [5, 5.41) is 15.8. The van der Waals surface area contributed by atoms with Crippen LogP contribution in [0.15, 0.2) is 72.3 Å². The van der Waals surface area contributed by atoms with Crippen molar-refractivity contribution in [1.82, 2.24) is 0 Å². The lowest BCUT2D eigenvalue weighted by Crippen LogP contribution is -1.92. The van der Waals surface area contributed by atoms with Gasteiger partial charge in [0.15, 0.2) is 0 Å². The summed E-state index contributed by atoms with van der Waals surface area (Å²) in [5.74, 6) is 0.241. The Morgan fingerprint density at radius 1 is 0.913 bits per heavy atom. The van der Waals surface area contributed by atoms with Gasteiger partial charge in [0.25, 0.3) is 0 Å². The van der Waals surface area contributed by atoms with Crippen molar-refractivity contribution in [3.8, 4) is 0 Å². The van der Waals surface area contributed by atoms with E-state index in [1.807, 2.05) is 24.3 Å². The van der Waals surface area contributed by atoms with Crippen molar-refractivity contribution >= 4 is 11.9 Å². The molecule has 0 aromatic rings. The van der Waals surface area contributed by atoms with Gasteiger partial charge in [0.2, 0.25) is 0 Å². The van der Waals surface area contributed by atoms with Crippen LogP contribution in [0.25, 0.3) is 0 Å². The molecule has 2 rings (SSSR count). The van der Waals surface area contributed by atoms with Crippen LogP contribution in [-0.4, -0.2) is 22.2 Å². The highest BCUT2D eigenvalue weighted by Gasteiger charge is 2.05. The molecule has 0 aromatic carbocycles. The van der Waals surface area contributed by atoms with E-state index in [-0.39, 0.29) is 11.1 Å². The molecule has 2 aliphatic carbocycles. The minimum Gasteiger partial charge on any atom is -0.478 e. The molecule has 5 heteroatoms. The molecule has 5 nitrogen and oxygen atoms in total. The second-order valence-corrected chi connectivity index (χ2v) is 4.80. The van der Waals surface area contributed by atoms with E-state index in [1.165, 1.54) is 13.8 Å². The Kier molecular flexibility index (Phi) is 9.51. The summed E-state index contributed by atoms with van der Waals surface area (Å²) in [6.07, 6.45) is 14.2. The lowest BCUT2D eigenvalue weighted by Gasteiger charge is -2.05. The third-order valence-corrected chi connectivity index (χ3v) is 2.47. The van der Waals surface area contributed by atoms with E-state index in [0.717, 1.165) is 24.4 Å². The van der Waals surface area contributed by atoms with E-state index in [1.54, 1.807) is 0 Å². The molecule has 124 valence electrons. The molecule has 0 aliphatic heterocycles. The summed E-state index contributed by atoms with van der Waals surface area (Å²) >= 11 is 0. The third-order valence-electron chi connectivity index (χ3n) is 2.47. The number of carboxylic acids is 2. The van der Waals surface area contributed by atoms with Crippen LogP contribution in [-0.2, 0) is 14.3 Å². The monoisotopic (exact) mass is 318 g/mol. The Bertz CT molecular complexity index is 513. The average Bonchev–Trinajstić information content (AvgIpc) is 3.14. The molecule has 0 saturated carbocycles. The highest BCUT2D eigenvalue weighted by molar-refractivity contribution is 5.85. The predicted molar refractivity (Wildman–Crippen MR) is 89.7 cm³/mol. The normalized spacial score (nSPS) is 13.7. The van der Waals surface area contributed by atoms with E-state index in [4.69, 9.17) is 14.9 Å². The van der Waals surface area contributed by atoms with Crippen LogP contribution in [0.3, 0.4) is 0 Å². The molecule has 0 bridgehead atoms. The summed E-state index contributed by atoms with van der Waals surface area (Å²) in [5.41, 5.74) is 0.352. The highest BCUT2D eigenvalue weighted by atomic mass is 16.5. The van der Waals surface area contributed by atoms with Gasteiger partial charge in [0.05, 0.1) is 0 Å². The Morgan fingerprint density at radius 2 is 1.22 bits per heavy atom. The molecular weight excluding hydrogens is 296 g/mol. The number of hydrogen-bond acceptors (Lipinski definition) is 3. The maximum atomic E-state index is 9.60. The SMILES string of the molecule is C1=CCC(OC2=CC=CC2)=C1.C=C(C)C(=O)O.C=C(C)C(=O)O. The number of rotatable bonds is 4. The predicted octanol–water partition coefficient (Wildman–Crippen LogP) is 3.98. The first-order chi connectivity index (χ1) is 10.7. The molecule has 0 unspecified atom stereocenters. The standard InChI is InChI=1S/C10H10O.2C4H6O2/c1-2-6-9(5-1)11-10-7-3-4-8-10;2*1-3(2)4(5)6/h1-5,7H,6,8H2;2*1H2,2H3,(H,5,6). The van der Waals surface area contributed by atoms with Crippen LogP contribution in [0.4, 0.5) is 0 Å². The quantitative estimate of drug-likeness (QED) is 0.766. The first kappa shape index (κ1) is 20.2. The fourth-order valence-corrected chi connectivity index (χ4v) is 1.17. The van der Waals surface area contributed by atoms with E-state index in [0.29, 0.717) is 0 Å². The van der Waals surface area contributed by atoms with Gasteiger partial charge in [-0.25, -0.2) is 9.59 Å². The Balaban J connectivity index is 0.000000349. The number of hydrogen-bond donors (Lipinski definition) is 2. The largest absolute Gasteiger partial charge is 0.478 e. The van der Waals surface area contributed by atoms with Crippen molar-refractivity contribution in [2.75, 3.05) is 0 Å². The van der Waals surface area contributed by atoms with Gasteiger partial charge >= 0.3 is 11.9 Å². The minimum atomic E-state index is -0.935. The van der Waals surface area contributed by atoms with Crippen LogP contribution in [0.2, 0.25) is 0 Å². The third kappa shape index (κ3) is 10.5. The van der Waals surface area contributed by atoms with Crippen molar-refractivity contribution in [1.29, 1.82) is 0 Å². The van der Waals surface area contributed by atoms with Gasteiger partial charge in [-0.15, -0.1) is 0 Å². The summed E-state index contributed by atoms with van der Waals surface area (Å²) < 4.78 is 5.57. The summed E-state index contributed by atoms with van der Waals surface area (Å²) in [4.78, 5) is 19.2. The van der Waals surface area contributed by atoms with Crippen molar-refractivity contribution in [3.05, 3.63) is 72.3 Å². The summed E-state index contributed by atoms with van der Waals surface area (Å²) in [7, 11) is 0. The fourth-order valence-electron chi connectivity index (χ4n) is 1.17. The number of carbonyl (C=O) groups is 2. The van der Waals surface area contributed by atoms with E-state index in [2.05, 4.69) is 25.3 Å². The van der Waals surface area contributed by atoms with Gasteiger partial charge in [-0.3, -0.25) is 0 Å². The molecule has 0 heterocycles. The van der Waals surface area contributed by atoms with Crippen LogP contribution in [0.1, 0.15) is 26.7 Å². The van der Waals surface area contributed by atoms with Gasteiger partial charge in [-0.2, -0.15) is 0 Å². The molecule has 0 amide bonds. The maximum absolute atomic E-state index is 9.60. The van der Waals surface area contributed by atoms with E-state index in [9.17, 15) is 9.59 Å². The molecule has 23 heavy (non-hydrogen) atoms. The van der Waals surface area contributed by atoms with E-state index >= 15 is 0 Å². The molecule has 2 aliphatic rings. The van der Waals surface area contributed by atoms with E-state index < -0.39 is 11.9 Å². The van der Waals surface area contributed by atoms with Crippen LogP contribution < -0.4 is 0 Å². The summed E-state index contributed by atoms with van der Waals surface area (Å²) in [6.45, 7) is 9.20. The molecule has 2 N–H and O–H groups in total. The van der Waals surface area contributed by atoms with Crippen LogP contribution in [0, 0.1) is 0 Å². The van der Waals surface area contributed by atoms with Gasteiger partial charge < -0.3 is 14.9 Å².